The summed E-state index contributed by atoms with van der Waals surface area (Å²) >= 11 is 0. The van der Waals surface area contributed by atoms with Gasteiger partial charge in [0.1, 0.15) is 5.82 Å². The molecule has 2 aromatic carbocycles. The lowest BCUT2D eigenvalue weighted by atomic mass is 10.1. The molecule has 1 aromatic heterocycles. The highest BCUT2D eigenvalue weighted by molar-refractivity contribution is 5.79. The molecular formula is C15H10F2N2O. The summed E-state index contributed by atoms with van der Waals surface area (Å²) < 4.78 is 26.4. The predicted octanol–water partition coefficient (Wildman–Crippen LogP) is 3.18. The minimum Gasteiger partial charge on any atom is -0.306 e. The van der Waals surface area contributed by atoms with Crippen molar-refractivity contribution in [3.63, 3.8) is 0 Å². The van der Waals surface area contributed by atoms with Crippen LogP contribution in [0.15, 0.2) is 41.2 Å². The van der Waals surface area contributed by atoms with E-state index in [2.05, 4.69) is 9.97 Å². The lowest BCUT2D eigenvalue weighted by molar-refractivity contribution is 0.510. The van der Waals surface area contributed by atoms with Gasteiger partial charge in [0.05, 0.1) is 10.9 Å². The van der Waals surface area contributed by atoms with E-state index >= 15 is 0 Å². The minimum atomic E-state index is -1.06. The minimum absolute atomic E-state index is 0.0281. The summed E-state index contributed by atoms with van der Waals surface area (Å²) in [4.78, 5) is 18.7. The third-order valence-corrected chi connectivity index (χ3v) is 3.04. The van der Waals surface area contributed by atoms with Gasteiger partial charge in [0.2, 0.25) is 0 Å². The van der Waals surface area contributed by atoms with Crippen LogP contribution in [-0.2, 0) is 0 Å². The van der Waals surface area contributed by atoms with Crippen LogP contribution in [0.25, 0.3) is 22.3 Å². The van der Waals surface area contributed by atoms with Gasteiger partial charge < -0.3 is 4.98 Å². The first kappa shape index (κ1) is 12.5. The monoisotopic (exact) mass is 272 g/mol. The first-order valence-electron chi connectivity index (χ1n) is 6.01. The topological polar surface area (TPSA) is 45.8 Å². The molecule has 3 aromatic rings. The number of aryl methyl sites for hydroxylation is 1. The maximum Gasteiger partial charge on any atom is 0.259 e. The van der Waals surface area contributed by atoms with Crippen molar-refractivity contribution in [3.8, 4) is 11.4 Å². The normalized spacial score (nSPS) is 10.9. The van der Waals surface area contributed by atoms with Crippen molar-refractivity contribution in [3.05, 3.63) is 63.9 Å². The summed E-state index contributed by atoms with van der Waals surface area (Å²) in [7, 11) is 0. The van der Waals surface area contributed by atoms with Crippen LogP contribution in [0.4, 0.5) is 8.78 Å². The SMILES string of the molecule is Cc1cccc(-c2nc3cc(F)c(F)cc3c(=O)[nH]2)c1. The van der Waals surface area contributed by atoms with Crippen LogP contribution in [-0.4, -0.2) is 9.97 Å². The average molecular weight is 272 g/mol. The van der Waals surface area contributed by atoms with Crippen LogP contribution in [0, 0.1) is 18.6 Å². The molecule has 0 unspecified atom stereocenters. The van der Waals surface area contributed by atoms with E-state index in [9.17, 15) is 13.6 Å². The zero-order valence-electron chi connectivity index (χ0n) is 10.6. The molecule has 20 heavy (non-hydrogen) atoms. The molecule has 0 aliphatic carbocycles. The van der Waals surface area contributed by atoms with Crippen LogP contribution in [0.5, 0.6) is 0 Å². The molecule has 3 nitrogen and oxygen atoms in total. The summed E-state index contributed by atoms with van der Waals surface area (Å²) in [5.74, 6) is -1.75. The predicted molar refractivity (Wildman–Crippen MR) is 72.5 cm³/mol. The van der Waals surface area contributed by atoms with Gasteiger partial charge in [0.25, 0.3) is 5.56 Å². The molecule has 0 saturated heterocycles. The zero-order valence-corrected chi connectivity index (χ0v) is 10.6. The number of aromatic nitrogens is 2. The summed E-state index contributed by atoms with van der Waals surface area (Å²) in [5, 5.41) is 0.0281. The zero-order chi connectivity index (χ0) is 14.3. The summed E-state index contributed by atoms with van der Waals surface area (Å²) in [5.41, 5.74) is 1.36. The van der Waals surface area contributed by atoms with Crippen molar-refractivity contribution in [2.45, 2.75) is 6.92 Å². The first-order valence-corrected chi connectivity index (χ1v) is 6.01. The molecule has 5 heteroatoms. The van der Waals surface area contributed by atoms with Gasteiger partial charge in [-0.15, -0.1) is 0 Å². The fourth-order valence-electron chi connectivity index (χ4n) is 2.06. The molecule has 0 fully saturated rings. The average Bonchev–Trinajstić information content (AvgIpc) is 2.41. The molecule has 1 N–H and O–H groups in total. The molecular weight excluding hydrogens is 262 g/mol. The maximum atomic E-state index is 13.3. The quantitative estimate of drug-likeness (QED) is 0.739. The number of benzene rings is 2. The molecule has 0 atom stereocenters. The van der Waals surface area contributed by atoms with Crippen LogP contribution in [0.3, 0.4) is 0 Å². The van der Waals surface area contributed by atoms with E-state index in [1.54, 1.807) is 6.07 Å². The molecule has 3 rings (SSSR count). The Morgan fingerprint density at radius 2 is 1.85 bits per heavy atom. The van der Waals surface area contributed by atoms with E-state index in [0.29, 0.717) is 11.4 Å². The molecule has 100 valence electrons. The van der Waals surface area contributed by atoms with Crippen LogP contribution >= 0.6 is 0 Å². The van der Waals surface area contributed by atoms with Crippen molar-refractivity contribution in [2.75, 3.05) is 0 Å². The molecule has 0 amide bonds. The number of aromatic amines is 1. The summed E-state index contributed by atoms with van der Waals surface area (Å²) in [6.45, 7) is 1.91. The molecule has 0 bridgehead atoms. The molecule has 0 aliphatic rings. The number of hydrogen-bond donors (Lipinski definition) is 1. The van der Waals surface area contributed by atoms with E-state index in [-0.39, 0.29) is 10.9 Å². The second-order valence-corrected chi connectivity index (χ2v) is 4.57. The number of halogens is 2. The lowest BCUT2D eigenvalue weighted by Crippen LogP contribution is -2.10. The lowest BCUT2D eigenvalue weighted by Gasteiger charge is -2.04. The van der Waals surface area contributed by atoms with Crippen LogP contribution in [0.1, 0.15) is 5.56 Å². The third-order valence-electron chi connectivity index (χ3n) is 3.04. The van der Waals surface area contributed by atoms with E-state index in [0.717, 1.165) is 17.7 Å². The van der Waals surface area contributed by atoms with Crippen molar-refractivity contribution in [1.82, 2.24) is 9.97 Å². The summed E-state index contributed by atoms with van der Waals surface area (Å²) in [6.07, 6.45) is 0. The summed E-state index contributed by atoms with van der Waals surface area (Å²) in [6, 6.07) is 9.18. The fourth-order valence-corrected chi connectivity index (χ4v) is 2.06. The number of hydrogen-bond acceptors (Lipinski definition) is 2. The van der Waals surface area contributed by atoms with Crippen molar-refractivity contribution < 1.29 is 8.78 Å². The Hall–Kier alpha value is -2.56. The second kappa shape index (κ2) is 4.52. The van der Waals surface area contributed by atoms with E-state index in [1.807, 2.05) is 25.1 Å². The van der Waals surface area contributed by atoms with Crippen molar-refractivity contribution >= 4 is 10.9 Å². The van der Waals surface area contributed by atoms with Gasteiger partial charge in [-0.3, -0.25) is 4.79 Å². The van der Waals surface area contributed by atoms with E-state index in [4.69, 9.17) is 0 Å². The highest BCUT2D eigenvalue weighted by Gasteiger charge is 2.10. The van der Waals surface area contributed by atoms with Gasteiger partial charge in [-0.2, -0.15) is 0 Å². The number of nitrogens with one attached hydrogen (secondary N) is 1. The smallest absolute Gasteiger partial charge is 0.259 e. The van der Waals surface area contributed by atoms with Crippen LogP contribution in [0.2, 0.25) is 0 Å². The fraction of sp³-hybridized carbons (Fsp3) is 0.0667. The molecule has 0 saturated carbocycles. The second-order valence-electron chi connectivity index (χ2n) is 4.57. The van der Waals surface area contributed by atoms with Gasteiger partial charge in [-0.1, -0.05) is 23.8 Å². The molecule has 0 spiro atoms. The number of fused-ring (bicyclic) bond motifs is 1. The van der Waals surface area contributed by atoms with Gasteiger partial charge in [-0.05, 0) is 19.1 Å². The van der Waals surface area contributed by atoms with Crippen molar-refractivity contribution in [2.24, 2.45) is 0 Å². The van der Waals surface area contributed by atoms with Crippen LogP contribution < -0.4 is 5.56 Å². The standard InChI is InChI=1S/C15H10F2N2O/c1-8-3-2-4-9(5-8)14-18-13-7-12(17)11(16)6-10(13)15(20)19-14/h2-7H,1H3,(H,18,19,20). The highest BCUT2D eigenvalue weighted by atomic mass is 19.2. The van der Waals surface area contributed by atoms with E-state index in [1.165, 1.54) is 0 Å². The largest absolute Gasteiger partial charge is 0.306 e. The van der Waals surface area contributed by atoms with E-state index < -0.39 is 17.2 Å². The Morgan fingerprint density at radius 3 is 2.60 bits per heavy atom. The Labute approximate surface area is 112 Å². The number of nitrogens with zero attached hydrogens (tertiary/aromatic N) is 1. The number of H-pyrrole nitrogens is 1. The Balaban J connectivity index is 2.29. The van der Waals surface area contributed by atoms with Gasteiger partial charge in [0.15, 0.2) is 11.6 Å². The molecule has 0 aliphatic heterocycles. The first-order chi connectivity index (χ1) is 9.54. The Kier molecular flexibility index (Phi) is 2.82. The Morgan fingerprint density at radius 1 is 1.10 bits per heavy atom. The Bertz CT molecular complexity index is 871. The highest BCUT2D eigenvalue weighted by Crippen LogP contribution is 2.19. The molecule has 0 radical (unpaired) electrons. The van der Waals surface area contributed by atoms with Gasteiger partial charge >= 0.3 is 0 Å². The maximum absolute atomic E-state index is 13.3. The number of rotatable bonds is 1. The van der Waals surface area contributed by atoms with Gasteiger partial charge in [-0.25, -0.2) is 13.8 Å². The van der Waals surface area contributed by atoms with Gasteiger partial charge in [0, 0.05) is 11.6 Å². The third kappa shape index (κ3) is 2.07. The molecule has 1 heterocycles. The van der Waals surface area contributed by atoms with Crippen molar-refractivity contribution in [1.29, 1.82) is 0 Å².